The number of benzene rings is 2. The average molecular weight is 1100 g/mol. The predicted octanol–water partition coefficient (Wildman–Crippen LogP) is 9.29. The van der Waals surface area contributed by atoms with Crippen molar-refractivity contribution in [1.82, 2.24) is 19.6 Å². The fourth-order valence-electron chi connectivity index (χ4n) is 11.3. The van der Waals surface area contributed by atoms with Gasteiger partial charge in [-0.3, -0.25) is 19.3 Å². The minimum atomic E-state index is -1.06. The van der Waals surface area contributed by atoms with Gasteiger partial charge in [-0.25, -0.2) is 9.59 Å². The first-order chi connectivity index (χ1) is 37.8. The van der Waals surface area contributed by atoms with Crippen molar-refractivity contribution < 1.29 is 67.3 Å². The van der Waals surface area contributed by atoms with Gasteiger partial charge in [0.1, 0.15) is 34.2 Å². The number of rotatable bonds is 21. The number of hydrogen-bond acceptors (Lipinski definition) is 14. The Morgan fingerprint density at radius 2 is 1.11 bits per heavy atom. The monoisotopic (exact) mass is 1090 g/mol. The Bertz CT molecular complexity index is 2730. The Labute approximate surface area is 465 Å². The second-order valence-electron chi connectivity index (χ2n) is 22.9. The molecule has 2 N–H and O–H groups in total. The van der Waals surface area contributed by atoms with Crippen LogP contribution < -0.4 is 18.9 Å². The summed E-state index contributed by atoms with van der Waals surface area (Å²) in [4.78, 5) is 74.7. The Hall–Kier alpha value is -6.21. The summed E-state index contributed by atoms with van der Waals surface area (Å²) in [6, 6.07) is 3.10. The number of fused-ring (bicyclic) bond motifs is 6. The summed E-state index contributed by atoms with van der Waals surface area (Å²) in [7, 11) is 0. The van der Waals surface area contributed by atoms with E-state index in [1.54, 1.807) is 15.9 Å². The number of carbonyl (C=O) groups excluding carboxylic acids is 5. The van der Waals surface area contributed by atoms with E-state index in [1.807, 2.05) is 13.8 Å². The molecule has 6 heterocycles. The maximum Gasteiger partial charge on any atom is 0.415 e. The highest BCUT2D eigenvalue weighted by molar-refractivity contribution is 6.01. The van der Waals surface area contributed by atoms with Crippen LogP contribution in [0.3, 0.4) is 0 Å². The van der Waals surface area contributed by atoms with Crippen LogP contribution in [0.15, 0.2) is 58.7 Å². The Morgan fingerprint density at radius 1 is 0.658 bits per heavy atom. The van der Waals surface area contributed by atoms with Gasteiger partial charge in [0.25, 0.3) is 18.3 Å². The van der Waals surface area contributed by atoms with Gasteiger partial charge in [-0.05, 0) is 125 Å². The van der Waals surface area contributed by atoms with Crippen LogP contribution >= 0.6 is 0 Å². The maximum absolute atomic E-state index is 14.6. The molecule has 5 atom stereocenters. The highest BCUT2D eigenvalue weighted by Gasteiger charge is 2.48. The fraction of sp³-hybridized carbons (Fsp3) is 0.590. The van der Waals surface area contributed by atoms with Gasteiger partial charge in [0.05, 0.1) is 62.9 Å². The summed E-state index contributed by atoms with van der Waals surface area (Å²) in [5.74, 6) is 0.254. The summed E-state index contributed by atoms with van der Waals surface area (Å²) in [5.41, 5.74) is 5.61. The number of hydrogen-bond donors (Lipinski definition) is 2. The molecule has 2 aromatic carbocycles. The van der Waals surface area contributed by atoms with Gasteiger partial charge in [0, 0.05) is 74.2 Å². The van der Waals surface area contributed by atoms with Gasteiger partial charge in [-0.2, -0.15) is 0 Å². The first-order valence-electron chi connectivity index (χ1n) is 28.3. The highest BCUT2D eigenvalue weighted by atomic mass is 16.6. The number of allylic oxidation sites excluding steroid dienone is 8. The van der Waals surface area contributed by atoms with Gasteiger partial charge >= 0.3 is 12.2 Å². The minimum Gasteiger partial charge on any atom is -0.484 e. The molecule has 8 rings (SSSR count). The SMILES string of the molecule is CC(C)=CCC/C(C)=C/CC[C@@]1(C)Oc2c(c(OC(=O)N3CCOCC3)cc3c2CN(CCC[C@@H](OC=O)N2Cc4c(cc(OC(=O)N5CCOCC5)c5c4O[C@](C)(CC/C=C(\C)CCC=C(C)C)[C@@H](O)C5)C2=O)C3=O)C[C@@H]1O. The molecule has 6 aliphatic heterocycles. The lowest BCUT2D eigenvalue weighted by Crippen LogP contribution is -2.49. The maximum atomic E-state index is 14.6. The summed E-state index contributed by atoms with van der Waals surface area (Å²) in [6.45, 7) is 19.8. The second-order valence-corrected chi connectivity index (χ2v) is 22.9. The molecule has 79 heavy (non-hydrogen) atoms. The molecule has 0 spiro atoms. The van der Waals surface area contributed by atoms with Crippen LogP contribution in [-0.4, -0.2) is 149 Å². The van der Waals surface area contributed by atoms with Crippen LogP contribution in [0.25, 0.3) is 0 Å². The zero-order valence-electron chi connectivity index (χ0n) is 47.6. The molecule has 0 aromatic heterocycles. The van der Waals surface area contributed by atoms with Crippen LogP contribution in [-0.2, 0) is 44.9 Å². The molecule has 0 unspecified atom stereocenters. The lowest BCUT2D eigenvalue weighted by Gasteiger charge is -2.41. The van der Waals surface area contributed by atoms with Crippen LogP contribution in [0.4, 0.5) is 9.59 Å². The summed E-state index contributed by atoms with van der Waals surface area (Å²) in [6.07, 6.45) is 11.3. The summed E-state index contributed by atoms with van der Waals surface area (Å²) in [5, 5.41) is 23.5. The van der Waals surface area contributed by atoms with Gasteiger partial charge in [-0.15, -0.1) is 0 Å². The molecule has 0 aliphatic carbocycles. The van der Waals surface area contributed by atoms with E-state index in [0.29, 0.717) is 130 Å². The summed E-state index contributed by atoms with van der Waals surface area (Å²) >= 11 is 0. The van der Waals surface area contributed by atoms with E-state index in [9.17, 15) is 34.2 Å². The molecule has 18 heteroatoms. The number of aliphatic hydroxyl groups is 2. The van der Waals surface area contributed by atoms with E-state index in [2.05, 4.69) is 65.8 Å². The zero-order valence-corrected chi connectivity index (χ0v) is 47.6. The van der Waals surface area contributed by atoms with E-state index < -0.39 is 47.7 Å². The molecular weight excluding hydrogens is 1010 g/mol. The average Bonchev–Trinajstić information content (AvgIpc) is 4.12. The van der Waals surface area contributed by atoms with Gasteiger partial charge in [0.15, 0.2) is 6.23 Å². The molecule has 4 amide bonds. The number of ether oxygens (including phenoxy) is 7. The number of amides is 4. The number of nitrogens with zero attached hydrogens (tertiary/aromatic N) is 4. The molecule has 430 valence electrons. The van der Waals surface area contributed by atoms with Crippen molar-refractivity contribution in [3.63, 3.8) is 0 Å². The van der Waals surface area contributed by atoms with Gasteiger partial charge in [0.2, 0.25) is 0 Å². The largest absolute Gasteiger partial charge is 0.484 e. The zero-order chi connectivity index (χ0) is 56.6. The van der Waals surface area contributed by atoms with E-state index in [0.717, 1.165) is 25.7 Å². The van der Waals surface area contributed by atoms with Crippen molar-refractivity contribution in [3.8, 4) is 23.0 Å². The van der Waals surface area contributed by atoms with E-state index in [1.165, 1.54) is 38.2 Å². The topological polar surface area (TPSA) is 203 Å². The molecule has 2 aromatic rings. The van der Waals surface area contributed by atoms with Crippen molar-refractivity contribution in [2.45, 2.75) is 175 Å². The first kappa shape index (κ1) is 58.9. The lowest BCUT2D eigenvalue weighted by atomic mass is 9.84. The standard InChI is InChI=1S/C61H82N4O14/c1-39(2)14-9-16-41(5)18-11-21-60(7)51(67)34-45-49(76-58(71)62-24-28-73-29-25-62)32-43-47(54(45)78-60)36-64(56(43)69)23-13-20-53(75-38-66)65-37-48-44(57(65)70)33-50(77-59(72)63-26-30-74-31-27-63)46-35-52(68)61(8,79-55(46)48)22-12-19-42(6)17-10-15-40(3)4/h14-15,18-19,32-33,38,51-53,67-68H,9-13,16-17,20-31,34-37H2,1-8H3/b41-18+,42-19+/t51-,52-,53+,60+,61+/m0/s1. The number of aliphatic hydroxyl groups excluding tert-OH is 2. The van der Waals surface area contributed by atoms with Crippen molar-refractivity contribution in [3.05, 3.63) is 92.1 Å². The molecule has 0 saturated carbocycles. The lowest BCUT2D eigenvalue weighted by molar-refractivity contribution is -0.141. The van der Waals surface area contributed by atoms with Crippen LogP contribution in [0.5, 0.6) is 23.0 Å². The molecule has 0 bridgehead atoms. The summed E-state index contributed by atoms with van der Waals surface area (Å²) < 4.78 is 42.3. The van der Waals surface area contributed by atoms with Gasteiger partial charge < -0.3 is 58.1 Å². The highest BCUT2D eigenvalue weighted by Crippen LogP contribution is 2.49. The third kappa shape index (κ3) is 13.9. The molecule has 18 nitrogen and oxygen atoms in total. The van der Waals surface area contributed by atoms with E-state index in [4.69, 9.17) is 33.2 Å². The number of carbonyl (C=O) groups is 5. The van der Waals surface area contributed by atoms with Gasteiger partial charge in [-0.1, -0.05) is 46.6 Å². The first-order valence-corrected chi connectivity index (χ1v) is 28.3. The third-order valence-electron chi connectivity index (χ3n) is 16.3. The van der Waals surface area contributed by atoms with E-state index in [-0.39, 0.29) is 61.9 Å². The van der Waals surface area contributed by atoms with Crippen LogP contribution in [0, 0.1) is 0 Å². The normalized spacial score (nSPS) is 23.2. The molecule has 2 saturated heterocycles. The number of morpholine rings is 2. The van der Waals surface area contributed by atoms with Crippen molar-refractivity contribution in [1.29, 1.82) is 0 Å². The molecule has 0 radical (unpaired) electrons. The van der Waals surface area contributed by atoms with Crippen molar-refractivity contribution >= 4 is 30.5 Å². The van der Waals surface area contributed by atoms with Crippen molar-refractivity contribution in [2.75, 3.05) is 59.2 Å². The second kappa shape index (κ2) is 25.9. The quantitative estimate of drug-likeness (QED) is 0.0884. The third-order valence-corrected chi connectivity index (χ3v) is 16.3. The van der Waals surface area contributed by atoms with Crippen LogP contribution in [0.1, 0.15) is 163 Å². The van der Waals surface area contributed by atoms with Crippen LogP contribution in [0.2, 0.25) is 0 Å². The Morgan fingerprint density at radius 3 is 1.57 bits per heavy atom. The minimum absolute atomic E-state index is 0.00162. The predicted molar refractivity (Wildman–Crippen MR) is 295 cm³/mol. The fourth-order valence-corrected chi connectivity index (χ4v) is 11.3. The Balaban J connectivity index is 1.01. The smallest absolute Gasteiger partial charge is 0.415 e. The van der Waals surface area contributed by atoms with Crippen molar-refractivity contribution in [2.24, 2.45) is 0 Å². The Kier molecular flexibility index (Phi) is 19.3. The molecule has 6 aliphatic rings. The van der Waals surface area contributed by atoms with E-state index >= 15 is 0 Å². The molecule has 2 fully saturated rings. The molecular formula is C61H82N4O14.